The number of hydrogen-bond acceptors (Lipinski definition) is 2. The maximum Gasteiger partial charge on any atom is 0.252 e. The molecular formula is C16H15Cl2NO2. The van der Waals surface area contributed by atoms with E-state index in [1.807, 2.05) is 18.2 Å². The summed E-state index contributed by atoms with van der Waals surface area (Å²) >= 11 is 12.0. The van der Waals surface area contributed by atoms with E-state index in [2.05, 4.69) is 5.32 Å². The Morgan fingerprint density at radius 3 is 2.57 bits per heavy atom. The van der Waals surface area contributed by atoms with E-state index in [1.54, 1.807) is 31.4 Å². The van der Waals surface area contributed by atoms with Crippen molar-refractivity contribution in [3.63, 3.8) is 0 Å². The third kappa shape index (κ3) is 4.13. The molecule has 21 heavy (non-hydrogen) atoms. The minimum Gasteiger partial charge on any atom is -0.495 e. The van der Waals surface area contributed by atoms with Gasteiger partial charge in [0.2, 0.25) is 0 Å². The zero-order valence-electron chi connectivity index (χ0n) is 11.5. The number of hydrogen-bond donors (Lipinski definition) is 1. The second-order valence-electron chi connectivity index (χ2n) is 4.45. The largest absolute Gasteiger partial charge is 0.495 e. The summed E-state index contributed by atoms with van der Waals surface area (Å²) in [5, 5.41) is 3.85. The van der Waals surface area contributed by atoms with E-state index in [0.717, 1.165) is 5.56 Å². The summed E-state index contributed by atoms with van der Waals surface area (Å²) in [4.78, 5) is 12.0. The first kappa shape index (κ1) is 15.7. The number of ether oxygens (including phenoxy) is 1. The third-order valence-electron chi connectivity index (χ3n) is 3.03. The van der Waals surface area contributed by atoms with Gasteiger partial charge in [-0.05, 0) is 36.2 Å². The zero-order chi connectivity index (χ0) is 15.2. The van der Waals surface area contributed by atoms with Crippen LogP contribution in [-0.4, -0.2) is 19.6 Å². The van der Waals surface area contributed by atoms with Crippen LogP contribution in [0.2, 0.25) is 10.0 Å². The predicted octanol–water partition coefficient (Wildman–Crippen LogP) is 3.97. The highest BCUT2D eigenvalue weighted by Gasteiger charge is 2.09. The molecule has 0 fully saturated rings. The minimum atomic E-state index is -0.180. The van der Waals surface area contributed by atoms with Gasteiger partial charge in [0, 0.05) is 6.54 Å². The fourth-order valence-corrected chi connectivity index (χ4v) is 2.43. The Balaban J connectivity index is 1.91. The molecule has 0 unspecified atom stereocenters. The van der Waals surface area contributed by atoms with Crippen LogP contribution < -0.4 is 10.1 Å². The number of carbonyl (C=O) groups is 1. The fraction of sp³-hybridized carbons (Fsp3) is 0.188. The summed E-state index contributed by atoms with van der Waals surface area (Å²) in [5.41, 5.74) is 1.51. The van der Waals surface area contributed by atoms with Crippen LogP contribution in [0, 0.1) is 0 Å². The van der Waals surface area contributed by atoms with Crippen LogP contribution in [0.15, 0.2) is 42.5 Å². The van der Waals surface area contributed by atoms with E-state index < -0.39 is 0 Å². The number of halogens is 2. The normalized spacial score (nSPS) is 10.2. The van der Waals surface area contributed by atoms with E-state index in [1.165, 1.54) is 0 Å². The summed E-state index contributed by atoms with van der Waals surface area (Å²) in [5.74, 6) is 0.459. The van der Waals surface area contributed by atoms with Crippen LogP contribution in [0.25, 0.3) is 0 Å². The molecule has 0 bridgehead atoms. The van der Waals surface area contributed by atoms with Gasteiger partial charge in [-0.3, -0.25) is 4.79 Å². The summed E-state index contributed by atoms with van der Waals surface area (Å²) in [6.45, 7) is 0.507. The first-order valence-corrected chi connectivity index (χ1v) is 7.22. The lowest BCUT2D eigenvalue weighted by Crippen LogP contribution is -2.25. The average Bonchev–Trinajstić information content (AvgIpc) is 2.48. The van der Waals surface area contributed by atoms with E-state index in [-0.39, 0.29) is 5.91 Å². The maximum atomic E-state index is 12.0. The highest BCUT2D eigenvalue weighted by Crippen LogP contribution is 2.25. The van der Waals surface area contributed by atoms with Crippen LogP contribution >= 0.6 is 23.2 Å². The molecule has 5 heteroatoms. The zero-order valence-corrected chi connectivity index (χ0v) is 13.0. The molecular weight excluding hydrogens is 309 g/mol. The van der Waals surface area contributed by atoms with Crippen molar-refractivity contribution >= 4 is 29.1 Å². The van der Waals surface area contributed by atoms with Crippen LogP contribution in [0.5, 0.6) is 5.75 Å². The average molecular weight is 324 g/mol. The molecule has 2 aromatic rings. The third-order valence-corrected chi connectivity index (χ3v) is 3.66. The van der Waals surface area contributed by atoms with Crippen molar-refractivity contribution in [2.75, 3.05) is 13.7 Å². The summed E-state index contributed by atoms with van der Waals surface area (Å²) < 4.78 is 5.10. The van der Waals surface area contributed by atoms with Gasteiger partial charge < -0.3 is 10.1 Å². The number of amides is 1. The van der Waals surface area contributed by atoms with Crippen LogP contribution in [-0.2, 0) is 6.42 Å². The SMILES string of the molecule is COc1ccc(CCNC(=O)c2ccccc2Cl)cc1Cl. The van der Waals surface area contributed by atoms with Gasteiger partial charge in [-0.15, -0.1) is 0 Å². The number of methoxy groups -OCH3 is 1. The first-order chi connectivity index (χ1) is 10.1. The van der Waals surface area contributed by atoms with Gasteiger partial charge in [0.1, 0.15) is 5.75 Å². The molecule has 0 aromatic heterocycles. The van der Waals surface area contributed by atoms with Crippen molar-refractivity contribution in [2.24, 2.45) is 0 Å². The van der Waals surface area contributed by atoms with E-state index >= 15 is 0 Å². The van der Waals surface area contributed by atoms with Gasteiger partial charge in [0.15, 0.2) is 0 Å². The molecule has 1 amide bonds. The Kier molecular flexibility index (Phi) is 5.48. The quantitative estimate of drug-likeness (QED) is 0.904. The number of rotatable bonds is 5. The second-order valence-corrected chi connectivity index (χ2v) is 5.27. The Bertz CT molecular complexity index is 644. The van der Waals surface area contributed by atoms with E-state index in [0.29, 0.717) is 34.3 Å². The van der Waals surface area contributed by atoms with Crippen molar-refractivity contribution in [1.82, 2.24) is 5.32 Å². The topological polar surface area (TPSA) is 38.3 Å². The molecule has 1 N–H and O–H groups in total. The van der Waals surface area contributed by atoms with Crippen molar-refractivity contribution in [3.8, 4) is 5.75 Å². The van der Waals surface area contributed by atoms with E-state index in [9.17, 15) is 4.79 Å². The number of nitrogens with one attached hydrogen (secondary N) is 1. The standard InChI is InChI=1S/C16H15Cl2NO2/c1-21-15-7-6-11(10-14(15)18)8-9-19-16(20)12-4-2-3-5-13(12)17/h2-7,10H,8-9H2,1H3,(H,19,20). The second kappa shape index (κ2) is 7.34. The highest BCUT2D eigenvalue weighted by atomic mass is 35.5. The molecule has 2 rings (SSSR count). The molecule has 3 nitrogen and oxygen atoms in total. The van der Waals surface area contributed by atoms with Crippen molar-refractivity contribution in [2.45, 2.75) is 6.42 Å². The van der Waals surface area contributed by atoms with E-state index in [4.69, 9.17) is 27.9 Å². The summed E-state index contributed by atoms with van der Waals surface area (Å²) in [6, 6.07) is 12.5. The van der Waals surface area contributed by atoms with Crippen molar-refractivity contribution in [3.05, 3.63) is 63.6 Å². The molecule has 0 aliphatic carbocycles. The Morgan fingerprint density at radius 2 is 1.90 bits per heavy atom. The molecule has 0 saturated carbocycles. The smallest absolute Gasteiger partial charge is 0.252 e. The summed E-state index contributed by atoms with van der Waals surface area (Å²) in [7, 11) is 1.57. The minimum absolute atomic E-state index is 0.180. The molecule has 0 aliphatic rings. The van der Waals surface area contributed by atoms with Crippen molar-refractivity contribution in [1.29, 1.82) is 0 Å². The van der Waals surface area contributed by atoms with Crippen molar-refractivity contribution < 1.29 is 9.53 Å². The van der Waals surface area contributed by atoms with Crippen LogP contribution in [0.3, 0.4) is 0 Å². The lowest BCUT2D eigenvalue weighted by molar-refractivity contribution is 0.0954. The predicted molar refractivity (Wildman–Crippen MR) is 85.5 cm³/mol. The Hall–Kier alpha value is -1.71. The molecule has 0 spiro atoms. The van der Waals surface area contributed by atoms with Gasteiger partial charge in [-0.25, -0.2) is 0 Å². The van der Waals surface area contributed by atoms with Crippen LogP contribution in [0.1, 0.15) is 15.9 Å². The number of benzene rings is 2. The summed E-state index contributed by atoms with van der Waals surface area (Å²) in [6.07, 6.45) is 0.680. The molecule has 0 saturated heterocycles. The lowest BCUT2D eigenvalue weighted by atomic mass is 10.1. The monoisotopic (exact) mass is 323 g/mol. The number of carbonyl (C=O) groups excluding carboxylic acids is 1. The molecule has 0 radical (unpaired) electrons. The van der Waals surface area contributed by atoms with Crippen LogP contribution in [0.4, 0.5) is 0 Å². The molecule has 0 aliphatic heterocycles. The first-order valence-electron chi connectivity index (χ1n) is 6.47. The van der Waals surface area contributed by atoms with Gasteiger partial charge in [0.25, 0.3) is 5.91 Å². The maximum absolute atomic E-state index is 12.0. The van der Waals surface area contributed by atoms with Gasteiger partial charge >= 0.3 is 0 Å². The van der Waals surface area contributed by atoms with Gasteiger partial charge in [-0.2, -0.15) is 0 Å². The Labute approximate surface area is 133 Å². The van der Waals surface area contributed by atoms with Gasteiger partial charge in [0.05, 0.1) is 22.7 Å². The highest BCUT2D eigenvalue weighted by molar-refractivity contribution is 6.33. The lowest BCUT2D eigenvalue weighted by Gasteiger charge is -2.08. The van der Waals surface area contributed by atoms with Gasteiger partial charge in [-0.1, -0.05) is 41.4 Å². The Morgan fingerprint density at radius 1 is 1.14 bits per heavy atom. The molecule has 0 heterocycles. The molecule has 0 atom stereocenters. The molecule has 2 aromatic carbocycles. The fourth-order valence-electron chi connectivity index (χ4n) is 1.93. The molecule has 110 valence electrons.